The van der Waals surface area contributed by atoms with Gasteiger partial charge >= 0.3 is 0 Å². The summed E-state index contributed by atoms with van der Waals surface area (Å²) in [4.78, 5) is 18.8. The molecule has 114 valence electrons. The fourth-order valence-corrected chi connectivity index (χ4v) is 4.81. The molecule has 5 nitrogen and oxygen atoms in total. The number of hydrogen-bond donors (Lipinski definition) is 1. The lowest BCUT2D eigenvalue weighted by atomic mass is 9.96. The van der Waals surface area contributed by atoms with Crippen molar-refractivity contribution in [3.05, 3.63) is 17.2 Å². The molecule has 0 spiro atoms. The lowest BCUT2D eigenvalue weighted by molar-refractivity contribution is -0.133. The molecule has 0 aliphatic carbocycles. The van der Waals surface area contributed by atoms with Gasteiger partial charge in [-0.15, -0.1) is 0 Å². The maximum absolute atomic E-state index is 11.8. The average Bonchev–Trinajstić information content (AvgIpc) is 2.92. The first-order valence-electron chi connectivity index (χ1n) is 8.21. The lowest BCUT2D eigenvalue weighted by Gasteiger charge is -2.40. The van der Waals surface area contributed by atoms with Gasteiger partial charge in [-0.25, -0.2) is 4.98 Å². The van der Waals surface area contributed by atoms with Crippen LogP contribution in [0.25, 0.3) is 0 Å². The van der Waals surface area contributed by atoms with Crippen LogP contribution in [0.4, 0.5) is 0 Å². The molecule has 5 heteroatoms. The van der Waals surface area contributed by atoms with E-state index < -0.39 is 0 Å². The van der Waals surface area contributed by atoms with Crippen LogP contribution in [-0.2, 0) is 17.8 Å². The summed E-state index contributed by atoms with van der Waals surface area (Å²) in [6.45, 7) is 5.84. The minimum absolute atomic E-state index is 0.256. The van der Waals surface area contributed by atoms with Crippen LogP contribution >= 0.6 is 0 Å². The fraction of sp³-hybridized carbons (Fsp3) is 0.750. The molecule has 2 saturated heterocycles. The predicted octanol–water partition coefficient (Wildman–Crippen LogP) is 1.55. The highest BCUT2D eigenvalue weighted by Crippen LogP contribution is 2.42. The van der Waals surface area contributed by atoms with Crippen molar-refractivity contribution in [2.45, 2.75) is 70.6 Å². The molecule has 3 atom stereocenters. The Hall–Kier alpha value is -1.36. The molecule has 2 bridgehead atoms. The van der Waals surface area contributed by atoms with Gasteiger partial charge in [-0.1, -0.05) is 0 Å². The second-order valence-electron chi connectivity index (χ2n) is 6.79. The van der Waals surface area contributed by atoms with Crippen molar-refractivity contribution in [2.75, 3.05) is 6.54 Å². The van der Waals surface area contributed by atoms with Crippen LogP contribution in [0.1, 0.15) is 55.9 Å². The van der Waals surface area contributed by atoms with Crippen LogP contribution in [0.15, 0.2) is 0 Å². The highest BCUT2D eigenvalue weighted by molar-refractivity contribution is 5.74. The van der Waals surface area contributed by atoms with E-state index in [1.165, 1.54) is 24.2 Å². The van der Waals surface area contributed by atoms with Gasteiger partial charge in [0.2, 0.25) is 5.91 Å². The van der Waals surface area contributed by atoms with Crippen molar-refractivity contribution in [1.29, 1.82) is 0 Å². The molecule has 1 N–H and O–H groups in total. The molecule has 3 aliphatic heterocycles. The summed E-state index contributed by atoms with van der Waals surface area (Å²) >= 11 is 0. The van der Waals surface area contributed by atoms with Gasteiger partial charge in [0.25, 0.3) is 0 Å². The molecule has 0 aromatic carbocycles. The maximum atomic E-state index is 11.8. The number of nitrogens with zero attached hydrogens (tertiary/aromatic N) is 3. The zero-order valence-electron chi connectivity index (χ0n) is 12.9. The first-order chi connectivity index (χ1) is 10.1. The molecule has 1 aromatic heterocycles. The predicted molar refractivity (Wildman–Crippen MR) is 80.0 cm³/mol. The van der Waals surface area contributed by atoms with Crippen molar-refractivity contribution in [1.82, 2.24) is 19.8 Å². The van der Waals surface area contributed by atoms with Gasteiger partial charge < -0.3 is 14.8 Å². The maximum Gasteiger partial charge on any atom is 0.219 e. The number of nitrogens with one attached hydrogen (secondary N) is 1. The van der Waals surface area contributed by atoms with E-state index in [4.69, 9.17) is 4.98 Å². The van der Waals surface area contributed by atoms with Gasteiger partial charge in [-0.2, -0.15) is 0 Å². The third-order valence-corrected chi connectivity index (χ3v) is 5.54. The van der Waals surface area contributed by atoms with E-state index >= 15 is 0 Å². The Labute approximate surface area is 125 Å². The standard InChI is InChI=1S/C16H24N4O/c1-10-18-15-5-6-17-9-16(15)19(10)14-7-12-3-4-13(8-14)20(12)11(2)21/h12-14,17H,3-9H2,1-2H3/t12-,13+,14+. The third kappa shape index (κ3) is 2.01. The monoisotopic (exact) mass is 288 g/mol. The van der Waals surface area contributed by atoms with Crippen LogP contribution in [0, 0.1) is 6.92 Å². The minimum atomic E-state index is 0.256. The second kappa shape index (κ2) is 4.83. The molecule has 0 saturated carbocycles. The number of piperidine rings is 1. The number of amides is 1. The van der Waals surface area contributed by atoms with Gasteiger partial charge in [0.15, 0.2) is 0 Å². The van der Waals surface area contributed by atoms with E-state index in [1.54, 1.807) is 6.92 Å². The number of carbonyl (C=O) groups excluding carboxylic acids is 1. The molecule has 4 heterocycles. The van der Waals surface area contributed by atoms with Crippen LogP contribution in [0.2, 0.25) is 0 Å². The van der Waals surface area contributed by atoms with Crippen LogP contribution in [0.3, 0.4) is 0 Å². The Kier molecular flexibility index (Phi) is 3.06. The molecule has 0 radical (unpaired) electrons. The van der Waals surface area contributed by atoms with Gasteiger partial charge in [-0.3, -0.25) is 4.79 Å². The third-order valence-electron chi connectivity index (χ3n) is 5.54. The number of imidazole rings is 1. The summed E-state index contributed by atoms with van der Waals surface area (Å²) in [5, 5.41) is 3.47. The zero-order valence-corrected chi connectivity index (χ0v) is 12.9. The number of fused-ring (bicyclic) bond motifs is 3. The topological polar surface area (TPSA) is 50.2 Å². The first-order valence-corrected chi connectivity index (χ1v) is 8.21. The number of rotatable bonds is 1. The van der Waals surface area contributed by atoms with Crippen LogP contribution < -0.4 is 5.32 Å². The van der Waals surface area contributed by atoms with Gasteiger partial charge in [0, 0.05) is 44.6 Å². The summed E-state index contributed by atoms with van der Waals surface area (Å²) in [5.41, 5.74) is 2.67. The van der Waals surface area contributed by atoms with E-state index in [0.717, 1.165) is 38.2 Å². The van der Waals surface area contributed by atoms with Crippen LogP contribution in [0.5, 0.6) is 0 Å². The largest absolute Gasteiger partial charge is 0.337 e. The molecule has 4 rings (SSSR count). The highest BCUT2D eigenvalue weighted by Gasteiger charge is 2.43. The molecule has 21 heavy (non-hydrogen) atoms. The molecule has 2 fully saturated rings. The van der Waals surface area contributed by atoms with E-state index in [2.05, 4.69) is 21.7 Å². The Morgan fingerprint density at radius 2 is 1.95 bits per heavy atom. The van der Waals surface area contributed by atoms with Crippen molar-refractivity contribution >= 4 is 5.91 Å². The summed E-state index contributed by atoms with van der Waals surface area (Å²) in [6, 6.07) is 1.41. The van der Waals surface area contributed by atoms with E-state index in [1.807, 2.05) is 0 Å². The number of hydrogen-bond acceptors (Lipinski definition) is 3. The van der Waals surface area contributed by atoms with Crippen molar-refractivity contribution in [3.63, 3.8) is 0 Å². The summed E-state index contributed by atoms with van der Waals surface area (Å²) < 4.78 is 2.48. The van der Waals surface area contributed by atoms with E-state index in [0.29, 0.717) is 18.1 Å². The second-order valence-corrected chi connectivity index (χ2v) is 6.79. The molecular weight excluding hydrogens is 264 g/mol. The fourth-order valence-electron chi connectivity index (χ4n) is 4.81. The van der Waals surface area contributed by atoms with E-state index in [9.17, 15) is 4.79 Å². The molecule has 0 unspecified atom stereocenters. The minimum Gasteiger partial charge on any atom is -0.337 e. The Morgan fingerprint density at radius 3 is 2.62 bits per heavy atom. The normalized spacial score (nSPS) is 31.3. The zero-order chi connectivity index (χ0) is 14.6. The van der Waals surface area contributed by atoms with Gasteiger partial charge in [0.05, 0.1) is 11.4 Å². The Morgan fingerprint density at radius 1 is 1.24 bits per heavy atom. The van der Waals surface area contributed by atoms with Gasteiger partial charge in [0.1, 0.15) is 5.82 Å². The first kappa shape index (κ1) is 13.3. The lowest BCUT2D eigenvalue weighted by Crippen LogP contribution is -2.46. The molecular formula is C16H24N4O. The quantitative estimate of drug-likeness (QED) is 0.853. The summed E-state index contributed by atoms with van der Waals surface area (Å²) in [6.07, 6.45) is 5.59. The van der Waals surface area contributed by atoms with E-state index in [-0.39, 0.29) is 5.91 Å². The summed E-state index contributed by atoms with van der Waals surface area (Å²) in [5.74, 6) is 1.41. The molecule has 3 aliphatic rings. The van der Waals surface area contributed by atoms with Crippen LogP contribution in [-0.4, -0.2) is 39.0 Å². The molecule has 1 aromatic rings. The van der Waals surface area contributed by atoms with Crippen molar-refractivity contribution < 1.29 is 4.79 Å². The number of carbonyl (C=O) groups is 1. The summed E-state index contributed by atoms with van der Waals surface area (Å²) in [7, 11) is 0. The molecule has 1 amide bonds. The Balaban J connectivity index is 1.65. The number of aromatic nitrogens is 2. The average molecular weight is 288 g/mol. The Bertz CT molecular complexity index is 565. The SMILES string of the molecule is CC(=O)N1[C@@H]2CC[C@H]1C[C@@H](n1c(C)nc3c1CNCC3)C2. The van der Waals surface area contributed by atoms with Gasteiger partial charge in [-0.05, 0) is 32.6 Å². The van der Waals surface area contributed by atoms with Crippen molar-refractivity contribution in [2.24, 2.45) is 0 Å². The smallest absolute Gasteiger partial charge is 0.219 e. The number of aryl methyl sites for hydroxylation is 1. The van der Waals surface area contributed by atoms with Crippen molar-refractivity contribution in [3.8, 4) is 0 Å². The highest BCUT2D eigenvalue weighted by atomic mass is 16.2.